The van der Waals surface area contributed by atoms with Crippen molar-refractivity contribution in [2.75, 3.05) is 46.4 Å². The highest BCUT2D eigenvalue weighted by atomic mass is 32.2. The Labute approximate surface area is 93.3 Å². The van der Waals surface area contributed by atoms with Crippen molar-refractivity contribution in [3.8, 4) is 0 Å². The first-order valence-corrected chi connectivity index (χ1v) is 5.70. The first-order valence-electron chi connectivity index (χ1n) is 4.97. The molecule has 15 heavy (non-hydrogen) atoms. The summed E-state index contributed by atoms with van der Waals surface area (Å²) in [6, 6.07) is 0. The van der Waals surface area contributed by atoms with Crippen LogP contribution in [0.25, 0.3) is 0 Å². The van der Waals surface area contributed by atoms with Crippen LogP contribution >= 0.6 is 12.1 Å². The molecule has 1 amide bonds. The van der Waals surface area contributed by atoms with Crippen molar-refractivity contribution in [3.05, 3.63) is 0 Å². The maximum atomic E-state index is 11.5. The van der Waals surface area contributed by atoms with Crippen LogP contribution in [-0.2, 0) is 9.57 Å². The molecule has 0 aromatic heterocycles. The van der Waals surface area contributed by atoms with E-state index in [1.54, 1.807) is 12.1 Å². The van der Waals surface area contributed by atoms with Gasteiger partial charge in [-0.25, -0.2) is 13.4 Å². The molecule has 7 heteroatoms. The van der Waals surface area contributed by atoms with E-state index in [4.69, 9.17) is 9.57 Å². The highest BCUT2D eigenvalue weighted by molar-refractivity contribution is 7.95. The van der Waals surface area contributed by atoms with E-state index in [0.29, 0.717) is 0 Å². The van der Waals surface area contributed by atoms with Gasteiger partial charge in [-0.1, -0.05) is 0 Å². The second-order valence-corrected chi connectivity index (χ2v) is 4.63. The molecule has 2 heterocycles. The van der Waals surface area contributed by atoms with Crippen molar-refractivity contribution in [1.29, 1.82) is 0 Å². The lowest BCUT2D eigenvalue weighted by atomic mass is 10.5. The fourth-order valence-electron chi connectivity index (χ4n) is 1.13. The molecule has 0 atom stereocenters. The third-order valence-electron chi connectivity index (χ3n) is 2.08. The van der Waals surface area contributed by atoms with Crippen LogP contribution in [0.4, 0.5) is 4.79 Å². The molecule has 0 N–H and O–H groups in total. The first-order chi connectivity index (χ1) is 7.25. The molecule has 0 spiro atoms. The topological polar surface area (TPSA) is 45.0 Å². The molecule has 6 nitrogen and oxygen atoms in total. The summed E-state index contributed by atoms with van der Waals surface area (Å²) in [4.78, 5) is 16.5. The van der Waals surface area contributed by atoms with E-state index in [1.807, 2.05) is 0 Å². The number of hydrogen-bond acceptors (Lipinski definition) is 6. The second kappa shape index (κ2) is 5.02. The van der Waals surface area contributed by atoms with Crippen LogP contribution < -0.4 is 0 Å². The predicted octanol–water partition coefficient (Wildman–Crippen LogP) is 0.181. The lowest BCUT2D eigenvalue weighted by Gasteiger charge is -2.28. The summed E-state index contributed by atoms with van der Waals surface area (Å²) in [5.41, 5.74) is 0. The highest BCUT2D eigenvalue weighted by Gasteiger charge is 2.26. The fourth-order valence-corrected chi connectivity index (χ4v) is 1.89. The van der Waals surface area contributed by atoms with Gasteiger partial charge in [0.1, 0.15) is 0 Å². The fraction of sp³-hybridized carbons (Fsp3) is 0.875. The summed E-state index contributed by atoms with van der Waals surface area (Å²) in [6.45, 7) is 4.83. The van der Waals surface area contributed by atoms with Crippen LogP contribution in [-0.4, -0.2) is 66.2 Å². The number of morpholine rings is 1. The Balaban J connectivity index is 1.69. The zero-order valence-corrected chi connectivity index (χ0v) is 9.53. The van der Waals surface area contributed by atoms with Crippen molar-refractivity contribution in [3.63, 3.8) is 0 Å². The van der Waals surface area contributed by atoms with Crippen LogP contribution in [0.1, 0.15) is 0 Å². The Kier molecular flexibility index (Phi) is 3.68. The van der Waals surface area contributed by atoms with Gasteiger partial charge in [-0.05, 0) is 0 Å². The molecule has 2 fully saturated rings. The molecular formula is C8H15N3O3S. The van der Waals surface area contributed by atoms with Gasteiger partial charge in [-0.3, -0.25) is 0 Å². The van der Waals surface area contributed by atoms with Crippen LogP contribution in [0.3, 0.4) is 0 Å². The normalized spacial score (nSPS) is 22.5. The summed E-state index contributed by atoms with van der Waals surface area (Å²) < 4.78 is 8.81. The predicted molar refractivity (Wildman–Crippen MR) is 55.8 cm³/mol. The number of nitrogens with zero attached hydrogens (tertiary/aromatic N) is 3. The molecule has 2 saturated heterocycles. The monoisotopic (exact) mass is 233 g/mol. The van der Waals surface area contributed by atoms with E-state index >= 15 is 0 Å². The van der Waals surface area contributed by atoms with Crippen LogP contribution in [0.5, 0.6) is 0 Å². The molecule has 2 rings (SSSR count). The minimum Gasteiger partial charge on any atom is -0.379 e. The molecule has 0 unspecified atom stereocenters. The Morgan fingerprint density at radius 2 is 2.00 bits per heavy atom. The Bertz CT molecular complexity index is 231. The maximum absolute atomic E-state index is 11.5. The summed E-state index contributed by atoms with van der Waals surface area (Å²) >= 11 is 1.38. The third-order valence-corrected chi connectivity index (χ3v) is 3.07. The third kappa shape index (κ3) is 3.53. The molecule has 0 saturated carbocycles. The van der Waals surface area contributed by atoms with Crippen molar-refractivity contribution >= 4 is 18.2 Å². The standard InChI is InChI=1S/C8H15N3O3S/c1-9(8(12)14-10-2-3-10)15-11-4-6-13-7-5-11/h2-7H2,1H3. The molecule has 0 aliphatic carbocycles. The number of hydrogen-bond donors (Lipinski definition) is 0. The van der Waals surface area contributed by atoms with Gasteiger partial charge in [-0.2, -0.15) is 0 Å². The first kappa shape index (κ1) is 11.0. The van der Waals surface area contributed by atoms with Gasteiger partial charge in [0.15, 0.2) is 0 Å². The van der Waals surface area contributed by atoms with Crippen molar-refractivity contribution in [2.24, 2.45) is 0 Å². The number of carbonyl (C=O) groups is 1. The zero-order valence-electron chi connectivity index (χ0n) is 8.72. The van der Waals surface area contributed by atoms with E-state index in [0.717, 1.165) is 39.4 Å². The lowest BCUT2D eigenvalue weighted by Crippen LogP contribution is -2.36. The summed E-state index contributed by atoms with van der Waals surface area (Å²) in [7, 11) is 1.71. The molecule has 0 aromatic carbocycles. The lowest BCUT2D eigenvalue weighted by molar-refractivity contribution is -0.00739. The number of carbonyl (C=O) groups excluding carboxylic acids is 1. The van der Waals surface area contributed by atoms with Gasteiger partial charge >= 0.3 is 6.09 Å². The van der Waals surface area contributed by atoms with Crippen molar-refractivity contribution in [1.82, 2.24) is 13.7 Å². The number of amides is 1. The van der Waals surface area contributed by atoms with E-state index < -0.39 is 0 Å². The van der Waals surface area contributed by atoms with Gasteiger partial charge in [0.2, 0.25) is 0 Å². The maximum Gasteiger partial charge on any atom is 0.439 e. The smallest absolute Gasteiger partial charge is 0.379 e. The minimum atomic E-state index is -0.316. The van der Waals surface area contributed by atoms with E-state index in [2.05, 4.69) is 4.31 Å². The average Bonchev–Trinajstić information content (AvgIpc) is 3.03. The molecule has 0 bridgehead atoms. The van der Waals surface area contributed by atoms with E-state index in [-0.39, 0.29) is 6.09 Å². The summed E-state index contributed by atoms with van der Waals surface area (Å²) in [6.07, 6.45) is -0.316. The molecule has 86 valence electrons. The van der Waals surface area contributed by atoms with E-state index in [9.17, 15) is 4.79 Å². The van der Waals surface area contributed by atoms with Gasteiger partial charge in [-0.15, -0.1) is 5.06 Å². The SMILES string of the molecule is CN(SN1CCOCC1)C(=O)ON1CC1. The second-order valence-electron chi connectivity index (χ2n) is 3.41. The summed E-state index contributed by atoms with van der Waals surface area (Å²) in [5, 5.41) is 1.62. The Morgan fingerprint density at radius 3 is 2.60 bits per heavy atom. The Hall–Kier alpha value is -0.500. The van der Waals surface area contributed by atoms with Crippen LogP contribution in [0, 0.1) is 0 Å². The van der Waals surface area contributed by atoms with Gasteiger partial charge in [0.05, 0.1) is 26.3 Å². The Morgan fingerprint density at radius 1 is 1.33 bits per heavy atom. The van der Waals surface area contributed by atoms with Crippen molar-refractivity contribution < 1.29 is 14.4 Å². The van der Waals surface area contributed by atoms with Gasteiger partial charge in [0.25, 0.3) is 0 Å². The van der Waals surface area contributed by atoms with Crippen LogP contribution in [0.2, 0.25) is 0 Å². The largest absolute Gasteiger partial charge is 0.439 e. The molecule has 2 aliphatic heterocycles. The van der Waals surface area contributed by atoms with E-state index in [1.165, 1.54) is 16.4 Å². The molecular weight excluding hydrogens is 218 g/mol. The van der Waals surface area contributed by atoms with Crippen molar-refractivity contribution in [2.45, 2.75) is 0 Å². The molecule has 0 aromatic rings. The van der Waals surface area contributed by atoms with Crippen LogP contribution in [0.15, 0.2) is 0 Å². The quantitative estimate of drug-likeness (QED) is 0.512. The average molecular weight is 233 g/mol. The zero-order chi connectivity index (χ0) is 10.7. The van der Waals surface area contributed by atoms with Gasteiger partial charge < -0.3 is 9.57 Å². The number of rotatable bonds is 3. The minimum absolute atomic E-state index is 0.316. The highest BCUT2D eigenvalue weighted by Crippen LogP contribution is 2.18. The molecule has 0 radical (unpaired) electrons. The summed E-state index contributed by atoms with van der Waals surface area (Å²) in [5.74, 6) is 0. The number of hydroxylamine groups is 2. The molecule has 2 aliphatic rings. The number of ether oxygens (including phenoxy) is 1. The van der Waals surface area contributed by atoms with Gasteiger partial charge in [0, 0.05) is 32.3 Å².